The van der Waals surface area contributed by atoms with Crippen molar-refractivity contribution in [2.24, 2.45) is 11.8 Å². The molecule has 2 atom stereocenters. The predicted molar refractivity (Wildman–Crippen MR) is 62.7 cm³/mol. The van der Waals surface area contributed by atoms with Gasteiger partial charge in [-0.2, -0.15) is 0 Å². The quantitative estimate of drug-likeness (QED) is 0.695. The van der Waals surface area contributed by atoms with Gasteiger partial charge in [0.2, 0.25) is 5.91 Å². The normalized spacial score (nSPS) is 13.8. The topological polar surface area (TPSA) is 86.6 Å². The summed E-state index contributed by atoms with van der Waals surface area (Å²) in [6.07, 6.45) is 0. The Labute approximate surface area is 99.1 Å². The second-order valence-corrected chi connectivity index (χ2v) is 3.95. The van der Waals surface area contributed by atoms with Gasteiger partial charge in [0.05, 0.1) is 5.92 Å². The van der Waals surface area contributed by atoms with Crippen LogP contribution >= 0.6 is 0 Å². The number of nitrogens with one attached hydrogen (secondary N) is 1. The Kier molecular flexibility index (Phi) is 4.09. The summed E-state index contributed by atoms with van der Waals surface area (Å²) >= 11 is 0. The molecule has 0 heterocycles. The molecule has 5 nitrogen and oxygen atoms in total. The highest BCUT2D eigenvalue weighted by atomic mass is 16.4. The summed E-state index contributed by atoms with van der Waals surface area (Å²) in [4.78, 5) is 22.4. The minimum atomic E-state index is -1.00. The Morgan fingerprint density at radius 1 is 1.12 bits per heavy atom. The first-order valence-corrected chi connectivity index (χ1v) is 5.24. The highest BCUT2D eigenvalue weighted by Crippen LogP contribution is 2.17. The summed E-state index contributed by atoms with van der Waals surface area (Å²) in [7, 11) is 0. The van der Waals surface area contributed by atoms with Gasteiger partial charge in [-0.15, -0.1) is 0 Å². The zero-order valence-corrected chi connectivity index (χ0v) is 9.68. The van der Waals surface area contributed by atoms with Gasteiger partial charge in [0, 0.05) is 11.6 Å². The fourth-order valence-electron chi connectivity index (χ4n) is 1.24. The molecule has 0 saturated carbocycles. The van der Waals surface area contributed by atoms with Crippen molar-refractivity contribution in [2.75, 3.05) is 5.32 Å². The Morgan fingerprint density at radius 3 is 2.12 bits per heavy atom. The molecule has 92 valence electrons. The number of phenolic OH excluding ortho intramolecular Hbond substituents is 1. The van der Waals surface area contributed by atoms with E-state index < -0.39 is 17.8 Å². The Morgan fingerprint density at radius 2 is 1.65 bits per heavy atom. The Balaban J connectivity index is 2.66. The molecule has 2 unspecified atom stereocenters. The molecule has 5 heteroatoms. The number of hydrogen-bond acceptors (Lipinski definition) is 3. The molecule has 0 aliphatic heterocycles. The number of anilines is 1. The van der Waals surface area contributed by atoms with Crippen LogP contribution in [0.2, 0.25) is 0 Å². The molecule has 1 aromatic rings. The molecule has 17 heavy (non-hydrogen) atoms. The van der Waals surface area contributed by atoms with E-state index in [1.807, 2.05) is 0 Å². The number of carbonyl (C=O) groups excluding carboxylic acids is 1. The molecule has 1 rings (SSSR count). The summed E-state index contributed by atoms with van der Waals surface area (Å²) < 4.78 is 0. The lowest BCUT2D eigenvalue weighted by molar-refractivity contribution is -0.145. The fourth-order valence-corrected chi connectivity index (χ4v) is 1.24. The maximum atomic E-state index is 11.7. The third-order valence-electron chi connectivity index (χ3n) is 2.69. The molecule has 1 aromatic carbocycles. The van der Waals surface area contributed by atoms with Crippen LogP contribution in [0.15, 0.2) is 24.3 Å². The van der Waals surface area contributed by atoms with Crippen LogP contribution in [0.1, 0.15) is 13.8 Å². The lowest BCUT2D eigenvalue weighted by Gasteiger charge is -2.15. The lowest BCUT2D eigenvalue weighted by Crippen LogP contribution is -2.29. The monoisotopic (exact) mass is 237 g/mol. The molecule has 0 aromatic heterocycles. The number of aromatic hydroxyl groups is 1. The van der Waals surface area contributed by atoms with Gasteiger partial charge in [-0.25, -0.2) is 0 Å². The van der Waals surface area contributed by atoms with E-state index in [0.29, 0.717) is 5.69 Å². The standard InChI is InChI=1S/C12H15NO4/c1-7(8(2)12(16)17)11(15)13-9-3-5-10(14)6-4-9/h3-8,14H,1-2H3,(H,13,15)(H,16,17). The van der Waals surface area contributed by atoms with E-state index in [0.717, 1.165) is 0 Å². The number of amides is 1. The Bertz CT molecular complexity index is 413. The van der Waals surface area contributed by atoms with E-state index in [1.54, 1.807) is 19.1 Å². The third kappa shape index (κ3) is 3.48. The van der Waals surface area contributed by atoms with Crippen LogP contribution in [0.5, 0.6) is 5.75 Å². The van der Waals surface area contributed by atoms with E-state index in [9.17, 15) is 9.59 Å². The zero-order chi connectivity index (χ0) is 13.0. The van der Waals surface area contributed by atoms with Crippen molar-refractivity contribution in [3.8, 4) is 5.75 Å². The van der Waals surface area contributed by atoms with E-state index in [4.69, 9.17) is 10.2 Å². The van der Waals surface area contributed by atoms with Crippen molar-refractivity contribution in [3.05, 3.63) is 24.3 Å². The maximum absolute atomic E-state index is 11.7. The average Bonchev–Trinajstić information content (AvgIpc) is 2.30. The van der Waals surface area contributed by atoms with E-state index in [2.05, 4.69) is 5.32 Å². The van der Waals surface area contributed by atoms with Crippen molar-refractivity contribution in [2.45, 2.75) is 13.8 Å². The molecule has 0 spiro atoms. The second kappa shape index (κ2) is 5.34. The van der Waals surface area contributed by atoms with E-state index >= 15 is 0 Å². The van der Waals surface area contributed by atoms with Crippen LogP contribution in [-0.2, 0) is 9.59 Å². The smallest absolute Gasteiger partial charge is 0.307 e. The SMILES string of the molecule is CC(C(=O)O)C(C)C(=O)Nc1ccc(O)cc1. The zero-order valence-electron chi connectivity index (χ0n) is 9.68. The van der Waals surface area contributed by atoms with Crippen molar-refractivity contribution in [1.82, 2.24) is 0 Å². The van der Waals surface area contributed by atoms with E-state index in [1.165, 1.54) is 19.1 Å². The molecule has 0 fully saturated rings. The van der Waals surface area contributed by atoms with Crippen LogP contribution in [0.25, 0.3) is 0 Å². The van der Waals surface area contributed by atoms with Gasteiger partial charge in [-0.05, 0) is 24.3 Å². The molecule has 0 saturated heterocycles. The van der Waals surface area contributed by atoms with Crippen LogP contribution in [0.4, 0.5) is 5.69 Å². The van der Waals surface area contributed by atoms with Crippen LogP contribution in [-0.4, -0.2) is 22.1 Å². The van der Waals surface area contributed by atoms with Gasteiger partial charge in [-0.1, -0.05) is 13.8 Å². The number of rotatable bonds is 4. The predicted octanol–water partition coefficient (Wildman–Crippen LogP) is 1.69. The molecule has 1 amide bonds. The number of benzene rings is 1. The summed E-state index contributed by atoms with van der Waals surface area (Å²) in [6, 6.07) is 5.98. The second-order valence-electron chi connectivity index (χ2n) is 3.95. The van der Waals surface area contributed by atoms with Gasteiger partial charge in [0.1, 0.15) is 5.75 Å². The number of phenols is 1. The summed E-state index contributed by atoms with van der Waals surface area (Å²) in [5, 5.41) is 20.5. The first kappa shape index (κ1) is 13.0. The molecule has 0 aliphatic carbocycles. The minimum Gasteiger partial charge on any atom is -0.508 e. The number of hydrogen-bond donors (Lipinski definition) is 3. The molecule has 0 bridgehead atoms. The highest BCUT2D eigenvalue weighted by Gasteiger charge is 2.25. The number of aliphatic carboxylic acids is 1. The summed E-state index contributed by atoms with van der Waals surface area (Å²) in [5.41, 5.74) is 0.525. The first-order chi connectivity index (χ1) is 7.91. The fraction of sp³-hybridized carbons (Fsp3) is 0.333. The van der Waals surface area contributed by atoms with Gasteiger partial charge in [0.15, 0.2) is 0 Å². The van der Waals surface area contributed by atoms with Gasteiger partial charge >= 0.3 is 5.97 Å². The molecule has 3 N–H and O–H groups in total. The minimum absolute atomic E-state index is 0.106. The lowest BCUT2D eigenvalue weighted by atomic mass is 9.95. The van der Waals surface area contributed by atoms with Crippen LogP contribution < -0.4 is 5.32 Å². The van der Waals surface area contributed by atoms with Crippen LogP contribution in [0, 0.1) is 11.8 Å². The average molecular weight is 237 g/mol. The van der Waals surface area contributed by atoms with E-state index in [-0.39, 0.29) is 11.7 Å². The highest BCUT2D eigenvalue weighted by molar-refractivity contribution is 5.94. The molecule has 0 aliphatic rings. The summed E-state index contributed by atoms with van der Waals surface area (Å²) in [6.45, 7) is 3.05. The van der Waals surface area contributed by atoms with Crippen LogP contribution in [0.3, 0.4) is 0 Å². The third-order valence-corrected chi connectivity index (χ3v) is 2.69. The molecule has 0 radical (unpaired) electrons. The molecular formula is C12H15NO4. The van der Waals surface area contributed by atoms with Crippen molar-refractivity contribution >= 4 is 17.6 Å². The number of carboxylic acid groups (broad SMARTS) is 1. The van der Waals surface area contributed by atoms with Crippen molar-refractivity contribution in [3.63, 3.8) is 0 Å². The van der Waals surface area contributed by atoms with Crippen molar-refractivity contribution in [1.29, 1.82) is 0 Å². The largest absolute Gasteiger partial charge is 0.508 e. The van der Waals surface area contributed by atoms with Crippen molar-refractivity contribution < 1.29 is 19.8 Å². The maximum Gasteiger partial charge on any atom is 0.307 e. The van der Waals surface area contributed by atoms with Gasteiger partial charge in [-0.3, -0.25) is 9.59 Å². The first-order valence-electron chi connectivity index (χ1n) is 5.24. The molecular weight excluding hydrogens is 222 g/mol. The van der Waals surface area contributed by atoms with Gasteiger partial charge in [0.25, 0.3) is 0 Å². The Hall–Kier alpha value is -2.04. The number of carboxylic acids is 1. The van der Waals surface area contributed by atoms with Gasteiger partial charge < -0.3 is 15.5 Å². The summed E-state index contributed by atoms with van der Waals surface area (Å²) in [5.74, 6) is -2.62. The number of carbonyl (C=O) groups is 2.